The van der Waals surface area contributed by atoms with E-state index in [1.54, 1.807) is 6.20 Å². The summed E-state index contributed by atoms with van der Waals surface area (Å²) in [4.78, 5) is 18.7. The predicted octanol–water partition coefficient (Wildman–Crippen LogP) is 1.89. The molecular formula is C18H23N5O2. The van der Waals surface area contributed by atoms with Gasteiger partial charge in [0.05, 0.1) is 13.2 Å². The standard InChI is InChI=1S/C18H23N5O2/c1-2-3-6-18(21-22-18)7-4-17(24)20-14-15-5-8-19-16(13-15)23-9-11-25-12-10-23/h1,5,8,13H,3-4,6-7,9-12,14H2,(H,20,24). The summed E-state index contributed by atoms with van der Waals surface area (Å²) < 4.78 is 5.36. The van der Waals surface area contributed by atoms with Crippen LogP contribution in [0.15, 0.2) is 28.6 Å². The number of amides is 1. The topological polar surface area (TPSA) is 79.2 Å². The summed E-state index contributed by atoms with van der Waals surface area (Å²) >= 11 is 0. The van der Waals surface area contributed by atoms with Crippen molar-refractivity contribution in [2.24, 2.45) is 10.2 Å². The van der Waals surface area contributed by atoms with Crippen LogP contribution in [0.4, 0.5) is 5.82 Å². The van der Waals surface area contributed by atoms with E-state index >= 15 is 0 Å². The first-order chi connectivity index (χ1) is 12.2. The van der Waals surface area contributed by atoms with Gasteiger partial charge in [-0.05, 0) is 17.7 Å². The van der Waals surface area contributed by atoms with Gasteiger partial charge < -0.3 is 15.0 Å². The number of morpholine rings is 1. The van der Waals surface area contributed by atoms with E-state index in [-0.39, 0.29) is 5.91 Å². The SMILES string of the molecule is C#CCCC1(CCC(=O)NCc2ccnc(N3CCOCC3)c2)N=N1. The Labute approximate surface area is 147 Å². The van der Waals surface area contributed by atoms with Crippen molar-refractivity contribution >= 4 is 11.7 Å². The molecule has 0 aromatic carbocycles. The van der Waals surface area contributed by atoms with Crippen molar-refractivity contribution in [3.63, 3.8) is 0 Å². The minimum Gasteiger partial charge on any atom is -0.378 e. The maximum atomic E-state index is 12.1. The number of carbonyl (C=O) groups excluding carboxylic acids is 1. The Kier molecular flexibility index (Phi) is 5.61. The van der Waals surface area contributed by atoms with Crippen molar-refractivity contribution in [2.45, 2.75) is 37.9 Å². The number of anilines is 1. The quantitative estimate of drug-likeness (QED) is 0.732. The molecule has 25 heavy (non-hydrogen) atoms. The van der Waals surface area contributed by atoms with E-state index in [9.17, 15) is 4.79 Å². The number of aromatic nitrogens is 1. The maximum Gasteiger partial charge on any atom is 0.220 e. The first kappa shape index (κ1) is 17.4. The number of carbonyl (C=O) groups is 1. The van der Waals surface area contributed by atoms with Gasteiger partial charge >= 0.3 is 0 Å². The molecule has 0 atom stereocenters. The molecule has 0 aliphatic carbocycles. The van der Waals surface area contributed by atoms with Gasteiger partial charge in [0, 0.05) is 51.5 Å². The van der Waals surface area contributed by atoms with Crippen LogP contribution in [0.1, 0.15) is 31.2 Å². The van der Waals surface area contributed by atoms with Crippen molar-refractivity contribution in [3.8, 4) is 12.3 Å². The smallest absolute Gasteiger partial charge is 0.220 e. The van der Waals surface area contributed by atoms with Crippen molar-refractivity contribution < 1.29 is 9.53 Å². The normalized spacial score (nSPS) is 17.8. The van der Waals surface area contributed by atoms with E-state index in [0.717, 1.165) is 44.1 Å². The summed E-state index contributed by atoms with van der Waals surface area (Å²) in [5.74, 6) is 3.52. The third-order valence-electron chi connectivity index (χ3n) is 4.44. The number of pyridine rings is 1. The number of terminal acetylenes is 1. The molecule has 1 N–H and O–H groups in total. The molecule has 1 aromatic rings. The van der Waals surface area contributed by atoms with Gasteiger partial charge in [0.2, 0.25) is 5.91 Å². The lowest BCUT2D eigenvalue weighted by Gasteiger charge is -2.28. The maximum absolute atomic E-state index is 12.1. The average molecular weight is 341 g/mol. The van der Waals surface area contributed by atoms with Crippen LogP contribution in [0, 0.1) is 12.3 Å². The molecule has 1 fully saturated rings. The van der Waals surface area contributed by atoms with Crippen LogP contribution < -0.4 is 10.2 Å². The first-order valence-corrected chi connectivity index (χ1v) is 8.63. The van der Waals surface area contributed by atoms with E-state index < -0.39 is 5.66 Å². The Morgan fingerprint density at radius 3 is 2.88 bits per heavy atom. The lowest BCUT2D eigenvalue weighted by Crippen LogP contribution is -2.36. The number of hydrogen-bond acceptors (Lipinski definition) is 6. The summed E-state index contributed by atoms with van der Waals surface area (Å²) in [7, 11) is 0. The Morgan fingerprint density at radius 2 is 2.16 bits per heavy atom. The second-order valence-corrected chi connectivity index (χ2v) is 6.29. The molecule has 132 valence electrons. The Hall–Kier alpha value is -2.46. The van der Waals surface area contributed by atoms with Crippen LogP contribution in [0.25, 0.3) is 0 Å². The third kappa shape index (κ3) is 5.00. The van der Waals surface area contributed by atoms with E-state index in [4.69, 9.17) is 11.2 Å². The third-order valence-corrected chi connectivity index (χ3v) is 4.44. The molecule has 0 spiro atoms. The minimum absolute atomic E-state index is 0.00196. The molecule has 1 saturated heterocycles. The second-order valence-electron chi connectivity index (χ2n) is 6.29. The van der Waals surface area contributed by atoms with Crippen molar-refractivity contribution in [2.75, 3.05) is 31.2 Å². The molecule has 3 heterocycles. The van der Waals surface area contributed by atoms with E-state index in [2.05, 4.69) is 31.3 Å². The molecule has 7 nitrogen and oxygen atoms in total. The van der Waals surface area contributed by atoms with E-state index in [1.165, 1.54) is 0 Å². The van der Waals surface area contributed by atoms with Crippen molar-refractivity contribution in [1.29, 1.82) is 0 Å². The zero-order valence-corrected chi connectivity index (χ0v) is 14.3. The van der Waals surface area contributed by atoms with Crippen LogP contribution in [0.5, 0.6) is 0 Å². The van der Waals surface area contributed by atoms with Crippen molar-refractivity contribution in [3.05, 3.63) is 23.9 Å². The zero-order valence-electron chi connectivity index (χ0n) is 14.3. The lowest BCUT2D eigenvalue weighted by molar-refractivity contribution is -0.121. The fourth-order valence-electron chi connectivity index (χ4n) is 2.81. The Bertz CT molecular complexity index is 670. The Balaban J connectivity index is 1.43. The summed E-state index contributed by atoms with van der Waals surface area (Å²) in [5, 5.41) is 11.1. The first-order valence-electron chi connectivity index (χ1n) is 8.63. The van der Waals surface area contributed by atoms with Gasteiger partial charge in [-0.15, -0.1) is 12.3 Å². The monoisotopic (exact) mass is 341 g/mol. The Morgan fingerprint density at radius 1 is 1.36 bits per heavy atom. The highest BCUT2D eigenvalue weighted by molar-refractivity contribution is 5.76. The molecule has 7 heteroatoms. The van der Waals surface area contributed by atoms with Crippen molar-refractivity contribution in [1.82, 2.24) is 10.3 Å². The fourth-order valence-corrected chi connectivity index (χ4v) is 2.81. The van der Waals surface area contributed by atoms with Gasteiger partial charge in [0.25, 0.3) is 0 Å². The highest BCUT2D eigenvalue weighted by Crippen LogP contribution is 2.37. The van der Waals surface area contributed by atoms with Crippen LogP contribution in [-0.2, 0) is 16.1 Å². The highest BCUT2D eigenvalue weighted by atomic mass is 16.5. The number of ether oxygens (including phenoxy) is 1. The average Bonchev–Trinajstić information content (AvgIpc) is 3.44. The van der Waals surface area contributed by atoms with Gasteiger partial charge in [-0.2, -0.15) is 10.2 Å². The molecular weight excluding hydrogens is 318 g/mol. The molecule has 0 radical (unpaired) electrons. The molecule has 0 unspecified atom stereocenters. The number of rotatable bonds is 8. The largest absolute Gasteiger partial charge is 0.378 e. The lowest BCUT2D eigenvalue weighted by atomic mass is 10.0. The molecule has 0 bridgehead atoms. The van der Waals surface area contributed by atoms with E-state index in [0.29, 0.717) is 25.8 Å². The van der Waals surface area contributed by atoms with Crippen LogP contribution in [0.3, 0.4) is 0 Å². The molecule has 2 aliphatic heterocycles. The summed E-state index contributed by atoms with van der Waals surface area (Å²) in [6.45, 7) is 3.62. The fraction of sp³-hybridized carbons (Fsp3) is 0.556. The number of nitrogens with one attached hydrogen (secondary N) is 1. The summed E-state index contributed by atoms with van der Waals surface area (Å²) in [6.07, 6.45) is 9.43. The van der Waals surface area contributed by atoms with Gasteiger partial charge in [-0.1, -0.05) is 0 Å². The van der Waals surface area contributed by atoms with E-state index in [1.807, 2.05) is 12.1 Å². The summed E-state index contributed by atoms with van der Waals surface area (Å²) in [5.41, 5.74) is 0.636. The minimum atomic E-state index is -0.399. The van der Waals surface area contributed by atoms with Crippen LogP contribution in [0.2, 0.25) is 0 Å². The van der Waals surface area contributed by atoms with Crippen LogP contribution >= 0.6 is 0 Å². The molecule has 1 amide bonds. The van der Waals surface area contributed by atoms with Gasteiger partial charge in [0.1, 0.15) is 5.82 Å². The zero-order chi connectivity index (χ0) is 17.5. The molecule has 0 saturated carbocycles. The number of nitrogens with zero attached hydrogens (tertiary/aromatic N) is 4. The molecule has 1 aromatic heterocycles. The second kappa shape index (κ2) is 8.08. The highest BCUT2D eigenvalue weighted by Gasteiger charge is 2.39. The summed E-state index contributed by atoms with van der Waals surface area (Å²) in [6, 6.07) is 3.94. The molecule has 3 rings (SSSR count). The van der Waals surface area contributed by atoms with Gasteiger partial charge in [-0.25, -0.2) is 4.98 Å². The van der Waals surface area contributed by atoms with Gasteiger partial charge in [-0.3, -0.25) is 4.79 Å². The van der Waals surface area contributed by atoms with Gasteiger partial charge in [0.15, 0.2) is 5.66 Å². The number of hydrogen-bond donors (Lipinski definition) is 1. The van der Waals surface area contributed by atoms with Crippen LogP contribution in [-0.4, -0.2) is 42.9 Å². The predicted molar refractivity (Wildman–Crippen MR) is 94.0 cm³/mol. The molecule has 2 aliphatic rings.